The summed E-state index contributed by atoms with van der Waals surface area (Å²) in [7, 11) is 0. The largest absolute Gasteiger partial charge is 0.444 e. The number of carbonyl (C=O) groups is 1. The van der Waals surface area contributed by atoms with Crippen molar-refractivity contribution in [2.75, 3.05) is 26.2 Å². The molecule has 0 radical (unpaired) electrons. The van der Waals surface area contributed by atoms with Crippen LogP contribution in [0.1, 0.15) is 67.2 Å². The molecule has 1 rings (SSSR count). The number of hydrogen-bond donors (Lipinski definition) is 2. The summed E-state index contributed by atoms with van der Waals surface area (Å²) < 4.78 is 5.50. The lowest BCUT2D eigenvalue weighted by Crippen LogP contribution is -2.43. The first-order valence-corrected chi connectivity index (χ1v) is 9.78. The van der Waals surface area contributed by atoms with E-state index in [9.17, 15) is 4.79 Å². The molecule has 154 valence electrons. The van der Waals surface area contributed by atoms with E-state index in [1.54, 1.807) is 0 Å². The fourth-order valence-corrected chi connectivity index (χ4v) is 2.81. The van der Waals surface area contributed by atoms with E-state index in [0.29, 0.717) is 12.0 Å². The molecule has 0 spiro atoms. The molecule has 1 amide bonds. The Balaban J connectivity index is 0.00000625. The smallest absolute Gasteiger partial charge is 0.410 e. The molecule has 1 aliphatic heterocycles. The highest BCUT2D eigenvalue weighted by atomic mass is 127. The second-order valence-corrected chi connectivity index (χ2v) is 7.94. The van der Waals surface area contributed by atoms with Gasteiger partial charge in [-0.1, -0.05) is 6.92 Å². The Bertz CT molecular complexity index is 438. The highest BCUT2D eigenvalue weighted by Gasteiger charge is 2.27. The number of amides is 1. The summed E-state index contributed by atoms with van der Waals surface area (Å²) in [4.78, 5) is 18.8. The molecule has 1 fully saturated rings. The average Bonchev–Trinajstić information content (AvgIpc) is 2.53. The molecule has 1 aliphatic rings. The Morgan fingerprint density at radius 2 is 2.04 bits per heavy atom. The van der Waals surface area contributed by atoms with E-state index in [1.165, 1.54) is 0 Å². The van der Waals surface area contributed by atoms with Gasteiger partial charge in [0, 0.05) is 32.2 Å². The van der Waals surface area contributed by atoms with Crippen molar-refractivity contribution < 1.29 is 9.53 Å². The third kappa shape index (κ3) is 10.4. The molecule has 6 nitrogen and oxygen atoms in total. The standard InChI is InChI=1S/C19H38N4O2.HI/c1-7-15(3)22-17(20-8-2)21-12-11-16-10-9-13-23(14-16)18(24)25-19(4,5)6;/h15-16H,7-14H2,1-6H3,(H2,20,21,22);1H. The number of carbonyl (C=O) groups excluding carboxylic acids is 1. The highest BCUT2D eigenvalue weighted by molar-refractivity contribution is 14.0. The summed E-state index contributed by atoms with van der Waals surface area (Å²) in [6.07, 6.45) is 4.07. The van der Waals surface area contributed by atoms with Crippen molar-refractivity contribution in [3.05, 3.63) is 0 Å². The van der Waals surface area contributed by atoms with E-state index >= 15 is 0 Å². The van der Waals surface area contributed by atoms with E-state index in [4.69, 9.17) is 4.74 Å². The fraction of sp³-hybridized carbons (Fsp3) is 0.895. The Hall–Kier alpha value is -0.730. The van der Waals surface area contributed by atoms with Gasteiger partial charge in [-0.05, 0) is 66.2 Å². The first kappa shape index (κ1) is 25.3. The number of ether oxygens (including phenoxy) is 1. The van der Waals surface area contributed by atoms with E-state index in [1.807, 2.05) is 25.7 Å². The van der Waals surface area contributed by atoms with Crippen LogP contribution in [0.5, 0.6) is 0 Å². The van der Waals surface area contributed by atoms with E-state index in [-0.39, 0.29) is 30.1 Å². The average molecular weight is 482 g/mol. The van der Waals surface area contributed by atoms with Gasteiger partial charge in [0.25, 0.3) is 0 Å². The Morgan fingerprint density at radius 1 is 1.35 bits per heavy atom. The summed E-state index contributed by atoms with van der Waals surface area (Å²) in [6, 6.07) is 0.412. The number of halogens is 1. The molecule has 2 atom stereocenters. The van der Waals surface area contributed by atoms with Gasteiger partial charge in [-0.3, -0.25) is 4.99 Å². The lowest BCUT2D eigenvalue weighted by atomic mass is 9.95. The van der Waals surface area contributed by atoms with Gasteiger partial charge in [0.1, 0.15) is 5.60 Å². The van der Waals surface area contributed by atoms with E-state index in [2.05, 4.69) is 36.4 Å². The van der Waals surface area contributed by atoms with Crippen LogP contribution in [-0.4, -0.2) is 54.8 Å². The molecular weight excluding hydrogens is 443 g/mol. The molecule has 0 aromatic heterocycles. The Kier molecular flexibility index (Phi) is 12.3. The van der Waals surface area contributed by atoms with Crippen molar-refractivity contribution in [3.8, 4) is 0 Å². The molecule has 0 bridgehead atoms. The number of likely N-dealkylation sites (tertiary alicyclic amines) is 1. The van der Waals surface area contributed by atoms with Crippen molar-refractivity contribution in [3.63, 3.8) is 0 Å². The topological polar surface area (TPSA) is 66.0 Å². The second-order valence-electron chi connectivity index (χ2n) is 7.94. The minimum absolute atomic E-state index is 0. The molecule has 1 heterocycles. The first-order valence-electron chi connectivity index (χ1n) is 9.78. The second kappa shape index (κ2) is 12.6. The number of nitrogens with zero attached hydrogens (tertiary/aromatic N) is 2. The molecule has 0 aromatic carbocycles. The molecule has 1 saturated heterocycles. The SMILES string of the molecule is CCNC(=NCCC1CCCN(C(=O)OC(C)(C)C)C1)NC(C)CC.I. The van der Waals surface area contributed by atoms with Crippen LogP contribution in [0.25, 0.3) is 0 Å². The Morgan fingerprint density at radius 3 is 2.62 bits per heavy atom. The quantitative estimate of drug-likeness (QED) is 0.341. The predicted octanol–water partition coefficient (Wildman–Crippen LogP) is 4.00. The fourth-order valence-electron chi connectivity index (χ4n) is 2.81. The predicted molar refractivity (Wildman–Crippen MR) is 119 cm³/mol. The van der Waals surface area contributed by atoms with Gasteiger partial charge in [-0.25, -0.2) is 4.79 Å². The molecule has 7 heteroatoms. The zero-order chi connectivity index (χ0) is 18.9. The maximum atomic E-state index is 12.2. The van der Waals surface area contributed by atoms with Gasteiger partial charge in [0.15, 0.2) is 5.96 Å². The molecule has 26 heavy (non-hydrogen) atoms. The summed E-state index contributed by atoms with van der Waals surface area (Å²) in [6.45, 7) is 15.3. The third-order valence-corrected chi connectivity index (χ3v) is 4.32. The van der Waals surface area contributed by atoms with Crippen LogP contribution in [0.4, 0.5) is 4.79 Å². The van der Waals surface area contributed by atoms with Gasteiger partial charge in [-0.15, -0.1) is 24.0 Å². The van der Waals surface area contributed by atoms with Crippen molar-refractivity contribution in [2.24, 2.45) is 10.9 Å². The maximum Gasteiger partial charge on any atom is 0.410 e. The van der Waals surface area contributed by atoms with Crippen LogP contribution >= 0.6 is 24.0 Å². The normalized spacial score (nSPS) is 19.4. The van der Waals surface area contributed by atoms with Gasteiger partial charge >= 0.3 is 6.09 Å². The number of rotatable bonds is 6. The lowest BCUT2D eigenvalue weighted by molar-refractivity contribution is 0.0163. The molecular formula is C19H39IN4O2. The maximum absolute atomic E-state index is 12.2. The number of guanidine groups is 1. The van der Waals surface area contributed by atoms with E-state index < -0.39 is 5.60 Å². The van der Waals surface area contributed by atoms with Gasteiger partial charge in [0.2, 0.25) is 0 Å². The van der Waals surface area contributed by atoms with Crippen molar-refractivity contribution in [1.29, 1.82) is 0 Å². The highest BCUT2D eigenvalue weighted by Crippen LogP contribution is 2.21. The monoisotopic (exact) mass is 482 g/mol. The first-order chi connectivity index (χ1) is 11.7. The van der Waals surface area contributed by atoms with Crippen LogP contribution in [0.2, 0.25) is 0 Å². The number of nitrogens with one attached hydrogen (secondary N) is 2. The molecule has 0 aromatic rings. The van der Waals surface area contributed by atoms with E-state index in [0.717, 1.165) is 57.8 Å². The number of aliphatic imine (C=N–C) groups is 1. The number of piperidine rings is 1. The molecule has 2 N–H and O–H groups in total. The van der Waals surface area contributed by atoms with Crippen molar-refractivity contribution in [2.45, 2.75) is 78.9 Å². The zero-order valence-electron chi connectivity index (χ0n) is 17.4. The minimum Gasteiger partial charge on any atom is -0.444 e. The summed E-state index contributed by atoms with van der Waals surface area (Å²) in [5.41, 5.74) is -0.434. The van der Waals surface area contributed by atoms with Crippen LogP contribution in [0, 0.1) is 5.92 Å². The zero-order valence-corrected chi connectivity index (χ0v) is 19.8. The lowest BCUT2D eigenvalue weighted by Gasteiger charge is -2.34. The minimum atomic E-state index is -0.434. The third-order valence-electron chi connectivity index (χ3n) is 4.32. The van der Waals surface area contributed by atoms with Crippen LogP contribution < -0.4 is 10.6 Å². The number of hydrogen-bond acceptors (Lipinski definition) is 3. The molecule has 2 unspecified atom stereocenters. The molecule has 0 aliphatic carbocycles. The van der Waals surface area contributed by atoms with Gasteiger partial charge < -0.3 is 20.3 Å². The van der Waals surface area contributed by atoms with Crippen molar-refractivity contribution >= 4 is 36.0 Å². The summed E-state index contributed by atoms with van der Waals surface area (Å²) in [5.74, 6) is 1.38. The van der Waals surface area contributed by atoms with Crippen molar-refractivity contribution in [1.82, 2.24) is 15.5 Å². The van der Waals surface area contributed by atoms with Crippen LogP contribution in [-0.2, 0) is 4.74 Å². The van der Waals surface area contributed by atoms with Crippen LogP contribution in [0.15, 0.2) is 4.99 Å². The molecule has 0 saturated carbocycles. The van der Waals surface area contributed by atoms with Gasteiger partial charge in [0.05, 0.1) is 0 Å². The summed E-state index contributed by atoms with van der Waals surface area (Å²) in [5, 5.41) is 6.71. The Labute approximate surface area is 176 Å². The summed E-state index contributed by atoms with van der Waals surface area (Å²) >= 11 is 0. The van der Waals surface area contributed by atoms with Gasteiger partial charge in [-0.2, -0.15) is 0 Å². The van der Waals surface area contributed by atoms with Crippen LogP contribution in [0.3, 0.4) is 0 Å².